The van der Waals surface area contributed by atoms with E-state index in [0.717, 1.165) is 62.4 Å². The molecule has 0 N–H and O–H groups in total. The number of nitrogens with zero attached hydrogens (tertiary/aromatic N) is 1. The van der Waals surface area contributed by atoms with Gasteiger partial charge >= 0.3 is 0 Å². The molecule has 12 nitrogen and oxygen atoms in total. The van der Waals surface area contributed by atoms with E-state index >= 15 is 0 Å². The van der Waals surface area contributed by atoms with Gasteiger partial charge in [0.05, 0.1) is 18.8 Å². The first-order valence-corrected chi connectivity index (χ1v) is 24.0. The predicted octanol–water partition coefficient (Wildman–Crippen LogP) is 8.51. The minimum Gasteiger partial charge on any atom is -0.377 e. The van der Waals surface area contributed by atoms with Crippen molar-refractivity contribution < 1.29 is 51.1 Å². The van der Waals surface area contributed by atoms with E-state index in [2.05, 4.69) is 27.7 Å². The first-order chi connectivity index (χ1) is 28.1. The summed E-state index contributed by atoms with van der Waals surface area (Å²) in [5.41, 5.74) is -0.428. The highest BCUT2D eigenvalue weighted by Gasteiger charge is 2.71. The summed E-state index contributed by atoms with van der Waals surface area (Å²) in [6.07, 6.45) is 7.04. The first kappa shape index (κ1) is 41.1. The summed E-state index contributed by atoms with van der Waals surface area (Å²) in [5, 5.41) is 1.49. The molecule has 13 heteroatoms. The second kappa shape index (κ2) is 14.6. The molecule has 12 rings (SSSR count). The maximum atomic E-state index is 14.4. The number of rotatable bonds is 9. The highest BCUT2D eigenvalue weighted by Crippen LogP contribution is 2.63. The number of hydrogen-bond acceptors (Lipinski definition) is 12. The van der Waals surface area contributed by atoms with Gasteiger partial charge in [-0.05, 0) is 119 Å². The van der Waals surface area contributed by atoms with Crippen LogP contribution in [0.1, 0.15) is 106 Å². The van der Waals surface area contributed by atoms with Crippen LogP contribution in [0.25, 0.3) is 10.8 Å². The van der Waals surface area contributed by atoms with Gasteiger partial charge in [-0.1, -0.05) is 52.0 Å². The lowest BCUT2D eigenvalue weighted by Gasteiger charge is -2.61. The van der Waals surface area contributed by atoms with Crippen molar-refractivity contribution in [2.45, 2.75) is 158 Å². The van der Waals surface area contributed by atoms with Crippen LogP contribution in [0.4, 0.5) is 5.69 Å². The van der Waals surface area contributed by atoms with Gasteiger partial charge < -0.3 is 23.8 Å². The van der Waals surface area contributed by atoms with Crippen LogP contribution in [-0.2, 0) is 52.8 Å². The Kier molecular flexibility index (Phi) is 10.2. The van der Waals surface area contributed by atoms with Crippen molar-refractivity contribution in [3.8, 4) is 0 Å². The molecule has 10 fully saturated rings. The fourth-order valence-electron chi connectivity index (χ4n) is 13.5. The molecule has 0 radical (unpaired) electrons. The van der Waals surface area contributed by atoms with Gasteiger partial charge in [-0.3, -0.25) is 4.18 Å². The fraction of sp³-hybridized carbons (Fsp3) is 0.783. The summed E-state index contributed by atoms with van der Waals surface area (Å²) in [7, 11) is -0.257. The van der Waals surface area contributed by atoms with Crippen molar-refractivity contribution in [3.63, 3.8) is 0 Å². The Balaban J connectivity index is 0.970. The summed E-state index contributed by atoms with van der Waals surface area (Å²) in [4.78, 5) is 27.3. The smallest absolute Gasteiger partial charge is 0.297 e. The second-order valence-electron chi connectivity index (χ2n) is 20.5. The van der Waals surface area contributed by atoms with Crippen LogP contribution in [0, 0.1) is 53.3 Å². The second-order valence-corrected chi connectivity index (χ2v) is 22.1. The van der Waals surface area contributed by atoms with E-state index in [1.165, 1.54) is 0 Å². The van der Waals surface area contributed by atoms with Gasteiger partial charge in [-0.15, -0.1) is 0 Å². The van der Waals surface area contributed by atoms with E-state index in [1.807, 2.05) is 57.1 Å². The predicted molar refractivity (Wildman–Crippen MR) is 218 cm³/mol. The van der Waals surface area contributed by atoms with Crippen LogP contribution >= 0.6 is 0 Å². The zero-order valence-electron chi connectivity index (χ0n) is 36.1. The van der Waals surface area contributed by atoms with Gasteiger partial charge in [0.15, 0.2) is 23.8 Å². The van der Waals surface area contributed by atoms with E-state index in [9.17, 15) is 8.42 Å². The Morgan fingerprint density at radius 2 is 1.19 bits per heavy atom. The standard InChI is InChI=1S/C46H65NO11S/c1-26-15-17-35-28(3)38(51-41-45(35)33(26)19-21-43(5,53-41)55-57-45)23-30(25-50-59(48,49)40-14-10-11-31-32(40)12-9-13-37(31)47(7)8)24-39-29(4)36-18-16-27(2)34-20-22-44(6)54-42(52-39)46(34,36)58-56-44/h9-14,26-30,33-36,38-39,41-42H,15-25H2,1-8H3/t26-,27-,28-,29-,30?,33+,34+,35+,36+,38?,39?,41+,42+,43-,44-,45-,46-/m1/s1. The molecule has 2 aromatic carbocycles. The molecule has 2 aliphatic carbocycles. The Morgan fingerprint density at radius 1 is 0.678 bits per heavy atom. The Bertz CT molecular complexity index is 1950. The van der Waals surface area contributed by atoms with Gasteiger partial charge in [0.2, 0.25) is 11.6 Å². The SMILES string of the molecule is C[C@@H]1CC[C@H]2[C@@H](C)C(CC(COS(=O)(=O)c3cccc4c(N(C)C)cccc34)CC3O[C@H]4O[C@@]5(C)CC[C@H]6[C@H](C)CC[C@@H]([C@H]3C)[C@@]46OO5)O[C@H]3O[C@@]4(C)CC[C@@H]1[C@]32OO4. The third-order valence-electron chi connectivity index (χ3n) is 16.8. The minimum absolute atomic E-state index is 0.0259. The van der Waals surface area contributed by atoms with Crippen molar-refractivity contribution in [2.75, 3.05) is 25.6 Å². The van der Waals surface area contributed by atoms with Crippen molar-refractivity contribution in [2.24, 2.45) is 53.3 Å². The Labute approximate surface area is 350 Å². The quantitative estimate of drug-likeness (QED) is 0.178. The number of anilines is 1. The third-order valence-corrected chi connectivity index (χ3v) is 18.1. The Morgan fingerprint density at radius 3 is 1.71 bits per heavy atom. The van der Waals surface area contributed by atoms with E-state index in [4.69, 9.17) is 42.7 Å². The molecule has 2 spiro atoms. The Hall–Kier alpha value is -1.91. The van der Waals surface area contributed by atoms with Crippen molar-refractivity contribution in [1.82, 2.24) is 0 Å². The fourth-order valence-corrected chi connectivity index (χ4v) is 14.7. The van der Waals surface area contributed by atoms with Crippen molar-refractivity contribution in [3.05, 3.63) is 36.4 Å². The van der Waals surface area contributed by atoms with Crippen molar-refractivity contribution in [1.29, 1.82) is 0 Å². The molecule has 10 aliphatic rings. The molecule has 8 heterocycles. The van der Waals surface area contributed by atoms with E-state index in [-0.39, 0.29) is 65.1 Å². The number of ether oxygens (including phenoxy) is 4. The van der Waals surface area contributed by atoms with Gasteiger partial charge in [-0.2, -0.15) is 8.42 Å². The van der Waals surface area contributed by atoms with Gasteiger partial charge in [0, 0.05) is 55.2 Å². The number of fused-ring (bicyclic) bond motifs is 5. The molecule has 2 aromatic rings. The zero-order valence-corrected chi connectivity index (χ0v) is 36.9. The normalized spacial score (nSPS) is 46.8. The van der Waals surface area contributed by atoms with Gasteiger partial charge in [0.25, 0.3) is 10.1 Å². The molecule has 16 atom stereocenters. The van der Waals surface area contributed by atoms with Crippen LogP contribution in [0.3, 0.4) is 0 Å². The van der Waals surface area contributed by atoms with Crippen LogP contribution in [0.5, 0.6) is 0 Å². The molecule has 8 saturated heterocycles. The van der Waals surface area contributed by atoms with Crippen LogP contribution in [-0.4, -0.2) is 76.7 Å². The maximum Gasteiger partial charge on any atom is 0.297 e. The molecule has 2 unspecified atom stereocenters. The minimum atomic E-state index is -4.17. The van der Waals surface area contributed by atoms with Crippen LogP contribution < -0.4 is 4.90 Å². The monoisotopic (exact) mass is 839 g/mol. The molecule has 0 amide bonds. The molecule has 0 aromatic heterocycles. The highest BCUT2D eigenvalue weighted by atomic mass is 32.2. The van der Waals surface area contributed by atoms with Crippen molar-refractivity contribution >= 4 is 26.6 Å². The maximum absolute atomic E-state index is 14.4. The average molecular weight is 840 g/mol. The van der Waals surface area contributed by atoms with E-state index < -0.39 is 45.5 Å². The van der Waals surface area contributed by atoms with Gasteiger partial charge in [0.1, 0.15) is 4.90 Å². The first-order valence-electron chi connectivity index (χ1n) is 22.6. The molecule has 2 saturated carbocycles. The third kappa shape index (κ3) is 6.40. The average Bonchev–Trinajstić information content (AvgIpc) is 3.58. The highest BCUT2D eigenvalue weighted by molar-refractivity contribution is 7.87. The lowest BCUT2D eigenvalue weighted by molar-refractivity contribution is -0.571. The summed E-state index contributed by atoms with van der Waals surface area (Å²) in [5.74, 6) is -0.104. The lowest BCUT2D eigenvalue weighted by Crippen LogP contribution is -2.70. The molecule has 4 bridgehead atoms. The van der Waals surface area contributed by atoms with Crippen LogP contribution in [0.15, 0.2) is 41.3 Å². The summed E-state index contributed by atoms with van der Waals surface area (Å²) in [6, 6.07) is 11.1. The topological polar surface area (TPSA) is 120 Å². The number of hydrogen-bond donors (Lipinski definition) is 0. The van der Waals surface area contributed by atoms with E-state index in [0.29, 0.717) is 30.1 Å². The van der Waals surface area contributed by atoms with Gasteiger partial charge in [-0.25, -0.2) is 19.6 Å². The largest absolute Gasteiger partial charge is 0.377 e. The van der Waals surface area contributed by atoms with E-state index in [1.54, 1.807) is 12.1 Å². The molecule has 326 valence electrons. The zero-order chi connectivity index (χ0) is 41.3. The number of benzene rings is 2. The summed E-state index contributed by atoms with van der Waals surface area (Å²) >= 11 is 0. The lowest BCUT2D eigenvalue weighted by atomic mass is 9.56. The molecular weight excluding hydrogens is 775 g/mol. The molecule has 59 heavy (non-hydrogen) atoms. The molecule has 8 aliphatic heterocycles. The van der Waals surface area contributed by atoms with Crippen LogP contribution in [0.2, 0.25) is 0 Å². The summed E-state index contributed by atoms with van der Waals surface area (Å²) < 4.78 is 62.7. The molecular formula is C46H65NO11S. The summed E-state index contributed by atoms with van der Waals surface area (Å²) in [6.45, 7) is 13.1.